The summed E-state index contributed by atoms with van der Waals surface area (Å²) in [7, 11) is -2.66. The van der Waals surface area contributed by atoms with Crippen molar-refractivity contribution in [3.05, 3.63) is 0 Å². The molecular formula is C6H12NO2P. The maximum Gasteiger partial charge on any atom is 0.201 e. The molecule has 0 aromatic rings. The Hall–Kier alpha value is 0.150. The standard InChI is InChI=1S/C6H12NO2P/c8-10(9)3-5-1-7-2-6(5)4-10/h5-7H,1-4H2,(H,8,9)/t5-,6+. The second-order valence-electron chi connectivity index (χ2n) is 3.39. The lowest BCUT2D eigenvalue weighted by Crippen LogP contribution is -2.11. The third kappa shape index (κ3) is 1.03. The lowest BCUT2D eigenvalue weighted by atomic mass is 10.0. The van der Waals surface area contributed by atoms with E-state index in [-0.39, 0.29) is 0 Å². The van der Waals surface area contributed by atoms with Gasteiger partial charge in [0.15, 0.2) is 0 Å². The zero-order valence-electron chi connectivity index (χ0n) is 5.79. The zero-order valence-corrected chi connectivity index (χ0v) is 6.68. The van der Waals surface area contributed by atoms with Crippen LogP contribution >= 0.6 is 7.37 Å². The highest BCUT2D eigenvalue weighted by atomic mass is 31.2. The molecule has 3 atom stereocenters. The van der Waals surface area contributed by atoms with Crippen molar-refractivity contribution in [2.45, 2.75) is 0 Å². The molecule has 2 fully saturated rings. The molecule has 2 N–H and O–H groups in total. The van der Waals surface area contributed by atoms with Crippen LogP contribution in [0.4, 0.5) is 0 Å². The van der Waals surface area contributed by atoms with Crippen LogP contribution in [0.3, 0.4) is 0 Å². The molecule has 2 aliphatic heterocycles. The second kappa shape index (κ2) is 2.07. The molecule has 0 amide bonds. The van der Waals surface area contributed by atoms with Gasteiger partial charge in [-0.2, -0.15) is 0 Å². The van der Waals surface area contributed by atoms with Crippen LogP contribution in [0.25, 0.3) is 0 Å². The summed E-state index contributed by atoms with van der Waals surface area (Å²) in [5, 5.41) is 3.23. The second-order valence-corrected chi connectivity index (χ2v) is 5.81. The van der Waals surface area contributed by atoms with Gasteiger partial charge in [-0.05, 0) is 24.9 Å². The molecule has 2 rings (SSSR count). The topological polar surface area (TPSA) is 49.3 Å². The molecule has 3 nitrogen and oxygen atoms in total. The molecule has 4 heteroatoms. The van der Waals surface area contributed by atoms with Crippen LogP contribution in [0.1, 0.15) is 0 Å². The van der Waals surface area contributed by atoms with E-state index in [1.807, 2.05) is 0 Å². The molecule has 0 bridgehead atoms. The van der Waals surface area contributed by atoms with Gasteiger partial charge in [0, 0.05) is 12.3 Å². The van der Waals surface area contributed by atoms with E-state index in [0.29, 0.717) is 24.2 Å². The van der Waals surface area contributed by atoms with E-state index in [1.54, 1.807) is 0 Å². The first-order valence-corrected chi connectivity index (χ1v) is 5.72. The van der Waals surface area contributed by atoms with Crippen molar-refractivity contribution in [2.24, 2.45) is 11.8 Å². The lowest BCUT2D eigenvalue weighted by Gasteiger charge is -2.02. The predicted molar refractivity (Wildman–Crippen MR) is 39.4 cm³/mol. The molecule has 0 spiro atoms. The number of rotatable bonds is 0. The van der Waals surface area contributed by atoms with E-state index >= 15 is 0 Å². The maximum absolute atomic E-state index is 11.2. The van der Waals surface area contributed by atoms with E-state index < -0.39 is 7.37 Å². The van der Waals surface area contributed by atoms with Crippen LogP contribution in [-0.2, 0) is 4.57 Å². The van der Waals surface area contributed by atoms with E-state index in [4.69, 9.17) is 0 Å². The van der Waals surface area contributed by atoms with Crippen LogP contribution in [0.5, 0.6) is 0 Å². The molecule has 0 aromatic heterocycles. The Kier molecular flexibility index (Phi) is 1.41. The Morgan fingerprint density at radius 1 is 1.30 bits per heavy atom. The highest BCUT2D eigenvalue weighted by Gasteiger charge is 2.42. The SMILES string of the molecule is O=P1(O)C[C@H]2CNC[C@H]2C1. The molecule has 0 aromatic carbocycles. The summed E-state index contributed by atoms with van der Waals surface area (Å²) in [6.07, 6.45) is 1.12. The van der Waals surface area contributed by atoms with E-state index in [9.17, 15) is 9.46 Å². The first kappa shape index (κ1) is 6.84. The molecule has 2 saturated heterocycles. The van der Waals surface area contributed by atoms with Gasteiger partial charge in [0.25, 0.3) is 0 Å². The van der Waals surface area contributed by atoms with Gasteiger partial charge in [0.1, 0.15) is 0 Å². The van der Waals surface area contributed by atoms with E-state index in [2.05, 4.69) is 5.32 Å². The average Bonchev–Trinajstić information content (AvgIpc) is 2.20. The van der Waals surface area contributed by atoms with Crippen molar-refractivity contribution < 1.29 is 9.46 Å². The van der Waals surface area contributed by atoms with Gasteiger partial charge in [0.2, 0.25) is 7.37 Å². The Morgan fingerprint density at radius 3 is 2.30 bits per heavy atom. The maximum atomic E-state index is 11.2. The van der Waals surface area contributed by atoms with Crippen LogP contribution < -0.4 is 5.32 Å². The van der Waals surface area contributed by atoms with Crippen molar-refractivity contribution in [3.63, 3.8) is 0 Å². The largest absolute Gasteiger partial charge is 0.344 e. The normalized spacial score (nSPS) is 53.3. The summed E-state index contributed by atoms with van der Waals surface area (Å²) < 4.78 is 11.2. The zero-order chi connectivity index (χ0) is 7.19. The summed E-state index contributed by atoms with van der Waals surface area (Å²) >= 11 is 0. The minimum absolute atomic E-state index is 0.496. The molecule has 58 valence electrons. The fourth-order valence-corrected chi connectivity index (χ4v) is 4.49. The van der Waals surface area contributed by atoms with Gasteiger partial charge in [-0.3, -0.25) is 4.57 Å². The first-order valence-electron chi connectivity index (χ1n) is 3.69. The van der Waals surface area contributed by atoms with Gasteiger partial charge >= 0.3 is 0 Å². The monoisotopic (exact) mass is 161 g/mol. The lowest BCUT2D eigenvalue weighted by molar-refractivity contribution is 0.481. The summed E-state index contributed by atoms with van der Waals surface area (Å²) in [6.45, 7) is 1.91. The summed E-state index contributed by atoms with van der Waals surface area (Å²) in [6, 6.07) is 0. The summed E-state index contributed by atoms with van der Waals surface area (Å²) in [4.78, 5) is 9.23. The number of fused-ring (bicyclic) bond motifs is 1. The summed E-state index contributed by atoms with van der Waals surface area (Å²) in [5.41, 5.74) is 0. The number of hydrogen-bond donors (Lipinski definition) is 2. The van der Waals surface area contributed by atoms with Crippen LogP contribution in [0.2, 0.25) is 0 Å². The predicted octanol–water partition coefficient (Wildman–Crippen LogP) is 0.106. The molecule has 1 unspecified atom stereocenters. The van der Waals surface area contributed by atoms with Crippen LogP contribution in [0, 0.1) is 11.8 Å². The highest BCUT2D eigenvalue weighted by Crippen LogP contribution is 2.53. The Labute approximate surface area is 60.3 Å². The molecule has 0 saturated carbocycles. The van der Waals surface area contributed by atoms with Crippen molar-refractivity contribution in [1.82, 2.24) is 5.32 Å². The Balaban J connectivity index is 2.14. The van der Waals surface area contributed by atoms with Gasteiger partial charge in [-0.25, -0.2) is 0 Å². The molecule has 0 aliphatic carbocycles. The fourth-order valence-electron chi connectivity index (χ4n) is 2.02. The fraction of sp³-hybridized carbons (Fsp3) is 1.00. The van der Waals surface area contributed by atoms with Gasteiger partial charge in [-0.1, -0.05) is 0 Å². The molecular weight excluding hydrogens is 149 g/mol. The third-order valence-electron chi connectivity index (χ3n) is 2.52. The van der Waals surface area contributed by atoms with Crippen molar-refractivity contribution in [3.8, 4) is 0 Å². The Bertz CT molecular complexity index is 178. The molecule has 0 radical (unpaired) electrons. The highest BCUT2D eigenvalue weighted by molar-refractivity contribution is 7.58. The molecule has 10 heavy (non-hydrogen) atoms. The quantitative estimate of drug-likeness (QED) is 0.495. The minimum Gasteiger partial charge on any atom is -0.344 e. The van der Waals surface area contributed by atoms with Crippen LogP contribution in [0.15, 0.2) is 0 Å². The Morgan fingerprint density at radius 2 is 1.80 bits per heavy atom. The number of nitrogens with one attached hydrogen (secondary N) is 1. The van der Waals surface area contributed by atoms with Gasteiger partial charge in [0.05, 0.1) is 0 Å². The van der Waals surface area contributed by atoms with Crippen molar-refractivity contribution >= 4 is 7.37 Å². The average molecular weight is 161 g/mol. The van der Waals surface area contributed by atoms with Crippen LogP contribution in [-0.4, -0.2) is 30.3 Å². The smallest absolute Gasteiger partial charge is 0.201 e. The summed E-state index contributed by atoms with van der Waals surface area (Å²) in [5.74, 6) is 0.992. The van der Waals surface area contributed by atoms with E-state index in [0.717, 1.165) is 13.1 Å². The molecule has 2 heterocycles. The van der Waals surface area contributed by atoms with Crippen molar-refractivity contribution in [1.29, 1.82) is 0 Å². The van der Waals surface area contributed by atoms with Crippen molar-refractivity contribution in [2.75, 3.05) is 25.4 Å². The first-order chi connectivity index (χ1) is 4.67. The van der Waals surface area contributed by atoms with Gasteiger partial charge in [-0.15, -0.1) is 0 Å². The third-order valence-corrected chi connectivity index (χ3v) is 4.60. The van der Waals surface area contributed by atoms with E-state index in [1.165, 1.54) is 0 Å². The number of hydrogen-bond acceptors (Lipinski definition) is 2. The molecule has 2 aliphatic rings. The van der Waals surface area contributed by atoms with Gasteiger partial charge < -0.3 is 10.2 Å². The minimum atomic E-state index is -2.66.